The minimum atomic E-state index is -0.513. The zero-order valence-corrected chi connectivity index (χ0v) is 17.4. The van der Waals surface area contributed by atoms with Gasteiger partial charge < -0.3 is 14.5 Å². The molecule has 1 aromatic carbocycles. The van der Waals surface area contributed by atoms with Crippen molar-refractivity contribution < 1.29 is 14.3 Å². The quantitative estimate of drug-likeness (QED) is 0.452. The number of ether oxygens (including phenoxy) is 2. The number of aryl methyl sites for hydroxylation is 1. The number of hydrogen-bond donors (Lipinski definition) is 1. The number of H-pyrrole nitrogens is 1. The number of fused-ring (bicyclic) bond motifs is 1. The molecule has 2 heterocycles. The molecule has 0 aliphatic carbocycles. The van der Waals surface area contributed by atoms with Crippen LogP contribution in [0.5, 0.6) is 0 Å². The van der Waals surface area contributed by atoms with Gasteiger partial charge in [0, 0.05) is 12.1 Å². The summed E-state index contributed by atoms with van der Waals surface area (Å²) < 4.78 is 10.0. The van der Waals surface area contributed by atoms with Crippen LogP contribution < -0.4 is 5.56 Å². The largest absolute Gasteiger partial charge is 0.459 e. The zero-order chi connectivity index (χ0) is 20.3. The second-order valence-corrected chi connectivity index (χ2v) is 7.67. The van der Waals surface area contributed by atoms with Crippen LogP contribution in [0.2, 0.25) is 5.02 Å². The number of thiophene rings is 1. The van der Waals surface area contributed by atoms with Crippen molar-refractivity contribution >= 4 is 61.8 Å². The molecule has 28 heavy (non-hydrogen) atoms. The number of carbonyl (C=O) groups is 1. The first-order valence-electron chi connectivity index (χ1n) is 8.23. The monoisotopic (exact) mass is 438 g/mol. The third-order valence-corrected chi connectivity index (χ3v) is 5.60. The zero-order valence-electron chi connectivity index (χ0n) is 15.0. The summed E-state index contributed by atoms with van der Waals surface area (Å²) in [6.45, 7) is 2.12. The Labute approximate surface area is 174 Å². The summed E-state index contributed by atoms with van der Waals surface area (Å²) in [6, 6.07) is 7.07. The summed E-state index contributed by atoms with van der Waals surface area (Å²) in [5.74, 6) is -0.295. The van der Waals surface area contributed by atoms with Crippen molar-refractivity contribution in [2.24, 2.45) is 0 Å². The molecular weight excluding hydrogens is 423 g/mol. The van der Waals surface area contributed by atoms with Crippen molar-refractivity contribution in [3.63, 3.8) is 0 Å². The molecule has 0 amide bonds. The lowest BCUT2D eigenvalue weighted by Gasteiger charge is -2.02. The summed E-state index contributed by atoms with van der Waals surface area (Å²) in [6.07, 6.45) is 1.67. The number of nitrogens with zero attached hydrogens (tertiary/aromatic N) is 1. The van der Waals surface area contributed by atoms with E-state index in [1.54, 1.807) is 37.3 Å². The molecule has 3 rings (SSSR count). The molecule has 0 radical (unpaired) electrons. The molecule has 0 unspecified atom stereocenters. The maximum Gasteiger partial charge on any atom is 0.348 e. The van der Waals surface area contributed by atoms with E-state index < -0.39 is 5.97 Å². The van der Waals surface area contributed by atoms with Crippen LogP contribution in [0.4, 0.5) is 0 Å². The van der Waals surface area contributed by atoms with Gasteiger partial charge in [-0.2, -0.15) is 0 Å². The third-order valence-electron chi connectivity index (χ3n) is 3.90. The third kappa shape index (κ3) is 4.44. The highest BCUT2D eigenvalue weighted by Gasteiger charge is 2.20. The predicted octanol–water partition coefficient (Wildman–Crippen LogP) is 4.49. The van der Waals surface area contributed by atoms with Gasteiger partial charge in [-0.15, -0.1) is 11.3 Å². The van der Waals surface area contributed by atoms with Gasteiger partial charge in [0.25, 0.3) is 5.56 Å². The van der Waals surface area contributed by atoms with Gasteiger partial charge in [-0.3, -0.25) is 4.79 Å². The van der Waals surface area contributed by atoms with E-state index in [9.17, 15) is 9.59 Å². The molecule has 0 spiro atoms. The summed E-state index contributed by atoms with van der Waals surface area (Å²) >= 11 is 13.3. The minimum absolute atomic E-state index is 0.133. The maximum absolute atomic E-state index is 12.6. The topological polar surface area (TPSA) is 81.3 Å². The van der Waals surface area contributed by atoms with Crippen LogP contribution in [-0.2, 0) is 9.47 Å². The number of methoxy groups -OCH3 is 1. The molecule has 0 atom stereocenters. The predicted molar refractivity (Wildman–Crippen MR) is 112 cm³/mol. The van der Waals surface area contributed by atoms with E-state index in [-0.39, 0.29) is 23.0 Å². The van der Waals surface area contributed by atoms with Crippen LogP contribution in [0.1, 0.15) is 26.6 Å². The fourth-order valence-electron chi connectivity index (χ4n) is 2.51. The van der Waals surface area contributed by atoms with Crippen molar-refractivity contribution in [2.75, 3.05) is 20.3 Å². The van der Waals surface area contributed by atoms with Crippen molar-refractivity contribution in [2.45, 2.75) is 6.92 Å². The van der Waals surface area contributed by atoms with Gasteiger partial charge in [0.1, 0.15) is 16.3 Å². The highest BCUT2D eigenvalue weighted by Crippen LogP contribution is 2.29. The second-order valence-electron chi connectivity index (χ2n) is 5.82. The minimum Gasteiger partial charge on any atom is -0.459 e. The number of esters is 1. The maximum atomic E-state index is 12.6. The lowest BCUT2D eigenvalue weighted by molar-refractivity contribution is 0.0393. The van der Waals surface area contributed by atoms with Gasteiger partial charge in [0.05, 0.1) is 17.0 Å². The number of hydrogen-bond acceptors (Lipinski definition) is 6. The van der Waals surface area contributed by atoms with Crippen LogP contribution in [0, 0.1) is 6.92 Å². The van der Waals surface area contributed by atoms with Crippen molar-refractivity contribution in [1.29, 1.82) is 0 Å². The lowest BCUT2D eigenvalue weighted by atomic mass is 10.2. The van der Waals surface area contributed by atoms with Crippen LogP contribution >= 0.6 is 34.5 Å². The Morgan fingerprint density at radius 3 is 2.68 bits per heavy atom. The molecule has 3 aromatic rings. The molecule has 0 fully saturated rings. The molecule has 0 aliphatic rings. The Bertz CT molecular complexity index is 1100. The Morgan fingerprint density at radius 1 is 1.29 bits per heavy atom. The van der Waals surface area contributed by atoms with E-state index in [1.165, 1.54) is 7.11 Å². The number of aromatic amines is 1. The standard InChI is InChI=1S/C19H16Cl2N2O4S/c1-10-14-17(24)22-16(13(21)9-11-3-5-12(20)6-4-11)23-18(14)28-15(10)19(25)27-8-7-26-2/h3-6,9H,7-8H2,1-2H3,(H,22,23,24)/b13-9-. The van der Waals surface area contributed by atoms with Crippen LogP contribution in [0.3, 0.4) is 0 Å². The van der Waals surface area contributed by atoms with Crippen LogP contribution in [0.15, 0.2) is 29.1 Å². The Kier molecular flexibility index (Phi) is 6.51. The van der Waals surface area contributed by atoms with Gasteiger partial charge >= 0.3 is 5.97 Å². The van der Waals surface area contributed by atoms with Gasteiger partial charge in [0.2, 0.25) is 0 Å². The first-order chi connectivity index (χ1) is 13.4. The van der Waals surface area contributed by atoms with Gasteiger partial charge in [0.15, 0.2) is 5.82 Å². The number of aromatic nitrogens is 2. The van der Waals surface area contributed by atoms with Crippen LogP contribution in [0.25, 0.3) is 21.3 Å². The van der Waals surface area contributed by atoms with Crippen molar-refractivity contribution in [3.05, 3.63) is 61.5 Å². The molecule has 0 saturated heterocycles. The van der Waals surface area contributed by atoms with Crippen molar-refractivity contribution in [1.82, 2.24) is 9.97 Å². The highest BCUT2D eigenvalue weighted by atomic mass is 35.5. The molecule has 1 N–H and O–H groups in total. The first kappa shape index (κ1) is 20.5. The second kappa shape index (κ2) is 8.87. The molecule has 146 valence electrons. The van der Waals surface area contributed by atoms with Crippen LogP contribution in [-0.4, -0.2) is 36.3 Å². The number of nitrogens with one attached hydrogen (secondary N) is 1. The van der Waals surface area contributed by atoms with E-state index in [0.29, 0.717) is 32.3 Å². The van der Waals surface area contributed by atoms with E-state index in [1.807, 2.05) is 0 Å². The summed E-state index contributed by atoms with van der Waals surface area (Å²) in [5.41, 5.74) is 0.967. The van der Waals surface area contributed by atoms with Gasteiger partial charge in [-0.05, 0) is 36.3 Å². The fourth-order valence-corrected chi connectivity index (χ4v) is 3.93. The average Bonchev–Trinajstić information content (AvgIpc) is 3.01. The van der Waals surface area contributed by atoms with E-state index in [0.717, 1.165) is 16.9 Å². The molecule has 0 bridgehead atoms. The SMILES string of the molecule is COCCOC(=O)c1sc2nc(/C(Cl)=C/c3ccc(Cl)cc3)[nH]c(=O)c2c1C. The number of halogens is 2. The van der Waals surface area contributed by atoms with Gasteiger partial charge in [-0.25, -0.2) is 9.78 Å². The normalized spacial score (nSPS) is 11.8. The van der Waals surface area contributed by atoms with E-state index >= 15 is 0 Å². The number of rotatable bonds is 6. The first-order valence-corrected chi connectivity index (χ1v) is 9.80. The molecule has 9 heteroatoms. The Hall–Kier alpha value is -2.19. The van der Waals surface area contributed by atoms with E-state index in [2.05, 4.69) is 9.97 Å². The molecule has 6 nitrogen and oxygen atoms in total. The summed E-state index contributed by atoms with van der Waals surface area (Å²) in [7, 11) is 1.52. The van der Waals surface area contributed by atoms with E-state index in [4.69, 9.17) is 32.7 Å². The van der Waals surface area contributed by atoms with Gasteiger partial charge in [-0.1, -0.05) is 35.3 Å². The number of carbonyl (C=O) groups excluding carboxylic acids is 1. The smallest absolute Gasteiger partial charge is 0.348 e. The Morgan fingerprint density at radius 2 is 2.00 bits per heavy atom. The van der Waals surface area contributed by atoms with Crippen molar-refractivity contribution in [3.8, 4) is 0 Å². The average molecular weight is 439 g/mol. The molecule has 0 saturated carbocycles. The Balaban J connectivity index is 1.97. The molecule has 0 aliphatic heterocycles. The molecular formula is C19H16Cl2N2O4S. The molecule has 2 aromatic heterocycles. The number of benzene rings is 1. The highest BCUT2D eigenvalue weighted by molar-refractivity contribution is 7.20. The lowest BCUT2D eigenvalue weighted by Crippen LogP contribution is -2.11. The fraction of sp³-hybridized carbons (Fsp3) is 0.211. The summed E-state index contributed by atoms with van der Waals surface area (Å²) in [4.78, 5) is 32.6. The summed E-state index contributed by atoms with van der Waals surface area (Å²) in [5, 5.41) is 1.22.